The Kier molecular flexibility index (Phi) is 6.51. The van der Waals surface area contributed by atoms with Crippen molar-refractivity contribution in [1.82, 2.24) is 10.3 Å². The number of methoxy groups -OCH3 is 1. The van der Waals surface area contributed by atoms with Gasteiger partial charge >= 0.3 is 5.97 Å². The van der Waals surface area contributed by atoms with Crippen LogP contribution < -0.4 is 10.1 Å². The summed E-state index contributed by atoms with van der Waals surface area (Å²) in [5.74, 6) is -0.861. The van der Waals surface area contributed by atoms with E-state index in [1.807, 2.05) is 19.1 Å². The zero-order chi connectivity index (χ0) is 18.2. The predicted octanol–water partition coefficient (Wildman–Crippen LogP) is 3.13. The predicted molar refractivity (Wildman–Crippen MR) is 94.6 cm³/mol. The number of hydrogen-bond acceptors (Lipinski definition) is 4. The van der Waals surface area contributed by atoms with Crippen LogP contribution >= 0.6 is 0 Å². The number of carboxylic acid groups (broad SMARTS) is 1. The van der Waals surface area contributed by atoms with Gasteiger partial charge in [0.2, 0.25) is 0 Å². The molecule has 2 aromatic rings. The second-order valence-electron chi connectivity index (χ2n) is 5.64. The summed E-state index contributed by atoms with van der Waals surface area (Å²) in [5, 5.41) is 11.8. The number of carbonyl (C=O) groups is 2. The van der Waals surface area contributed by atoms with Gasteiger partial charge in [0.15, 0.2) is 0 Å². The number of amides is 1. The maximum atomic E-state index is 12.5. The minimum Gasteiger partial charge on any atom is -0.496 e. The highest BCUT2D eigenvalue weighted by molar-refractivity contribution is 5.98. The van der Waals surface area contributed by atoms with E-state index in [2.05, 4.69) is 10.3 Å². The summed E-state index contributed by atoms with van der Waals surface area (Å²) >= 11 is 0. The Morgan fingerprint density at radius 1 is 1.28 bits per heavy atom. The van der Waals surface area contributed by atoms with E-state index in [-0.39, 0.29) is 0 Å². The van der Waals surface area contributed by atoms with Crippen LogP contribution in [0.4, 0.5) is 0 Å². The van der Waals surface area contributed by atoms with E-state index in [0.717, 1.165) is 12.8 Å². The van der Waals surface area contributed by atoms with Crippen LogP contribution in [0.25, 0.3) is 11.3 Å². The van der Waals surface area contributed by atoms with E-state index in [1.54, 1.807) is 37.6 Å². The van der Waals surface area contributed by atoms with Crippen LogP contribution in [0.1, 0.15) is 36.5 Å². The van der Waals surface area contributed by atoms with Crippen molar-refractivity contribution >= 4 is 11.9 Å². The van der Waals surface area contributed by atoms with Crippen LogP contribution in [0.5, 0.6) is 5.75 Å². The number of carboxylic acids is 1. The number of aromatic nitrogens is 1. The smallest absolute Gasteiger partial charge is 0.326 e. The van der Waals surface area contributed by atoms with Crippen LogP contribution in [0, 0.1) is 0 Å². The van der Waals surface area contributed by atoms with Crippen LogP contribution in [-0.2, 0) is 4.79 Å². The first kappa shape index (κ1) is 18.4. The molecule has 0 bridgehead atoms. The minimum atomic E-state index is -1.03. The molecule has 1 amide bonds. The summed E-state index contributed by atoms with van der Waals surface area (Å²) in [4.78, 5) is 28.1. The van der Waals surface area contributed by atoms with Crippen molar-refractivity contribution < 1.29 is 19.4 Å². The maximum absolute atomic E-state index is 12.5. The minimum absolute atomic E-state index is 0.365. The molecule has 6 nitrogen and oxygen atoms in total. The maximum Gasteiger partial charge on any atom is 0.326 e. The number of benzene rings is 1. The number of rotatable bonds is 8. The van der Waals surface area contributed by atoms with E-state index in [4.69, 9.17) is 4.74 Å². The van der Waals surface area contributed by atoms with Gasteiger partial charge in [-0.05, 0) is 36.8 Å². The highest BCUT2D eigenvalue weighted by Gasteiger charge is 2.21. The first-order valence-corrected chi connectivity index (χ1v) is 8.20. The average molecular weight is 342 g/mol. The summed E-state index contributed by atoms with van der Waals surface area (Å²) in [6, 6.07) is 9.53. The molecule has 0 fully saturated rings. The molecule has 1 atom stereocenters. The molecule has 0 radical (unpaired) electrons. The lowest BCUT2D eigenvalue weighted by molar-refractivity contribution is -0.139. The van der Waals surface area contributed by atoms with Gasteiger partial charge in [-0.25, -0.2) is 4.79 Å². The summed E-state index contributed by atoms with van der Waals surface area (Å²) in [7, 11) is 1.55. The molecule has 2 rings (SSSR count). The largest absolute Gasteiger partial charge is 0.496 e. The number of pyridine rings is 1. The first-order chi connectivity index (χ1) is 12.1. The Hall–Kier alpha value is -2.89. The fraction of sp³-hybridized carbons (Fsp3) is 0.316. The number of nitrogens with one attached hydrogen (secondary N) is 1. The van der Waals surface area contributed by atoms with Crippen molar-refractivity contribution in [2.75, 3.05) is 7.11 Å². The van der Waals surface area contributed by atoms with E-state index < -0.39 is 17.9 Å². The number of unbranched alkanes of at least 4 members (excludes halogenated alkanes) is 1. The molecule has 2 N–H and O–H groups in total. The molecule has 1 aromatic heterocycles. The molecule has 0 saturated carbocycles. The van der Waals surface area contributed by atoms with Gasteiger partial charge in [-0.15, -0.1) is 0 Å². The molecular formula is C19H22N2O4. The van der Waals surface area contributed by atoms with Gasteiger partial charge in [0.1, 0.15) is 11.8 Å². The molecule has 132 valence electrons. The van der Waals surface area contributed by atoms with Crippen LogP contribution in [-0.4, -0.2) is 35.1 Å². The highest BCUT2D eigenvalue weighted by atomic mass is 16.5. The van der Waals surface area contributed by atoms with Gasteiger partial charge < -0.3 is 15.2 Å². The molecule has 25 heavy (non-hydrogen) atoms. The molecule has 6 heteroatoms. The first-order valence-electron chi connectivity index (χ1n) is 8.20. The number of hydrogen-bond donors (Lipinski definition) is 2. The molecule has 1 heterocycles. The van der Waals surface area contributed by atoms with Crippen molar-refractivity contribution in [1.29, 1.82) is 0 Å². The van der Waals surface area contributed by atoms with Gasteiger partial charge in [0.05, 0.1) is 12.8 Å². The lowest BCUT2D eigenvalue weighted by Gasteiger charge is -2.15. The SMILES string of the molecule is CCCC[C@H](NC(=O)c1ccc(OC)c(-c2ccccn2)c1)C(=O)O. The molecule has 1 aromatic carbocycles. The number of aliphatic carboxylic acids is 1. The lowest BCUT2D eigenvalue weighted by atomic mass is 10.0. The topological polar surface area (TPSA) is 88.5 Å². The van der Waals surface area contributed by atoms with Crippen molar-refractivity contribution in [3.05, 3.63) is 48.2 Å². The van der Waals surface area contributed by atoms with Crippen LogP contribution in [0.15, 0.2) is 42.6 Å². The third-order valence-electron chi connectivity index (χ3n) is 3.85. The third-order valence-corrected chi connectivity index (χ3v) is 3.85. The van der Waals surface area contributed by atoms with Crippen molar-refractivity contribution in [2.45, 2.75) is 32.2 Å². The van der Waals surface area contributed by atoms with E-state index in [1.165, 1.54) is 0 Å². The molecule has 0 aliphatic heterocycles. The number of ether oxygens (including phenoxy) is 1. The quantitative estimate of drug-likeness (QED) is 0.769. The van der Waals surface area contributed by atoms with Gasteiger partial charge in [0, 0.05) is 17.3 Å². The van der Waals surface area contributed by atoms with Crippen LogP contribution in [0.3, 0.4) is 0 Å². The third kappa shape index (κ3) is 4.79. The molecule has 0 saturated heterocycles. The van der Waals surface area contributed by atoms with Crippen molar-refractivity contribution in [2.24, 2.45) is 0 Å². The summed E-state index contributed by atoms with van der Waals surface area (Å²) in [6.45, 7) is 1.98. The van der Waals surface area contributed by atoms with Gasteiger partial charge in [-0.1, -0.05) is 25.8 Å². The second-order valence-corrected chi connectivity index (χ2v) is 5.64. The average Bonchev–Trinajstić information content (AvgIpc) is 2.64. The van der Waals surface area contributed by atoms with E-state index >= 15 is 0 Å². The summed E-state index contributed by atoms with van der Waals surface area (Å²) in [6.07, 6.45) is 3.67. The zero-order valence-electron chi connectivity index (χ0n) is 14.4. The Labute approximate surface area is 146 Å². The Bertz CT molecular complexity index is 731. The number of carbonyl (C=O) groups excluding carboxylic acids is 1. The molecule has 0 spiro atoms. The van der Waals surface area contributed by atoms with Gasteiger partial charge in [0.25, 0.3) is 5.91 Å². The Morgan fingerprint density at radius 2 is 2.08 bits per heavy atom. The highest BCUT2D eigenvalue weighted by Crippen LogP contribution is 2.29. The van der Waals surface area contributed by atoms with Crippen LogP contribution in [0.2, 0.25) is 0 Å². The Morgan fingerprint density at radius 3 is 2.68 bits per heavy atom. The number of nitrogens with zero attached hydrogens (tertiary/aromatic N) is 1. The molecule has 0 aliphatic carbocycles. The monoisotopic (exact) mass is 342 g/mol. The second kappa shape index (κ2) is 8.82. The summed E-state index contributed by atoms with van der Waals surface area (Å²) in [5.41, 5.74) is 1.72. The van der Waals surface area contributed by atoms with Crippen molar-refractivity contribution in [3.63, 3.8) is 0 Å². The Balaban J connectivity index is 2.27. The molecule has 0 aliphatic rings. The van der Waals surface area contributed by atoms with Crippen molar-refractivity contribution in [3.8, 4) is 17.0 Å². The summed E-state index contributed by atoms with van der Waals surface area (Å²) < 4.78 is 5.34. The lowest BCUT2D eigenvalue weighted by Crippen LogP contribution is -2.40. The zero-order valence-corrected chi connectivity index (χ0v) is 14.4. The van der Waals surface area contributed by atoms with Gasteiger partial charge in [-0.3, -0.25) is 9.78 Å². The normalized spacial score (nSPS) is 11.6. The van der Waals surface area contributed by atoms with E-state index in [9.17, 15) is 14.7 Å². The van der Waals surface area contributed by atoms with E-state index in [0.29, 0.717) is 29.0 Å². The fourth-order valence-corrected chi connectivity index (χ4v) is 2.48. The van der Waals surface area contributed by atoms with Gasteiger partial charge in [-0.2, -0.15) is 0 Å². The fourth-order valence-electron chi connectivity index (χ4n) is 2.48. The molecule has 0 unspecified atom stereocenters. The standard InChI is InChI=1S/C19H22N2O4/c1-3-4-7-16(19(23)24)21-18(22)13-9-10-17(25-2)14(12-13)15-8-5-6-11-20-15/h5-6,8-12,16H,3-4,7H2,1-2H3,(H,21,22)(H,23,24)/t16-/m0/s1. The molecular weight excluding hydrogens is 320 g/mol.